The summed E-state index contributed by atoms with van der Waals surface area (Å²) in [5.74, 6) is 0. The summed E-state index contributed by atoms with van der Waals surface area (Å²) in [6, 6.07) is 9.45. The van der Waals surface area contributed by atoms with Crippen LogP contribution in [0.15, 0.2) is 24.3 Å². The SMILES string of the molecule is CCCNC(Cc1ccc(I)cc1)C(CC)(CC)N(C)C. The first-order valence-electron chi connectivity index (χ1n) is 8.15. The molecule has 0 heterocycles. The van der Waals surface area contributed by atoms with Crippen LogP contribution in [0.4, 0.5) is 0 Å². The third-order valence-corrected chi connectivity index (χ3v) is 5.48. The minimum atomic E-state index is 0.220. The van der Waals surface area contributed by atoms with Gasteiger partial charge in [0.25, 0.3) is 0 Å². The number of nitrogens with one attached hydrogen (secondary N) is 1. The lowest BCUT2D eigenvalue weighted by Gasteiger charge is -2.46. The molecule has 0 aliphatic rings. The summed E-state index contributed by atoms with van der Waals surface area (Å²) in [7, 11) is 4.45. The van der Waals surface area contributed by atoms with Crippen LogP contribution in [0, 0.1) is 3.57 Å². The van der Waals surface area contributed by atoms with Crippen molar-refractivity contribution in [1.82, 2.24) is 10.2 Å². The second-order valence-corrected chi connectivity index (χ2v) is 7.29. The molecule has 3 heteroatoms. The Morgan fingerprint density at radius 2 is 1.67 bits per heavy atom. The first kappa shape index (κ1) is 18.9. The Morgan fingerprint density at radius 1 is 1.10 bits per heavy atom. The van der Waals surface area contributed by atoms with Crippen LogP contribution in [0.2, 0.25) is 0 Å². The van der Waals surface area contributed by atoms with Crippen molar-refractivity contribution >= 4 is 22.6 Å². The van der Waals surface area contributed by atoms with E-state index in [1.807, 2.05) is 0 Å². The van der Waals surface area contributed by atoms with Gasteiger partial charge in [0.2, 0.25) is 0 Å². The molecule has 1 atom stereocenters. The van der Waals surface area contributed by atoms with E-state index in [1.54, 1.807) is 0 Å². The van der Waals surface area contributed by atoms with E-state index in [9.17, 15) is 0 Å². The molecule has 21 heavy (non-hydrogen) atoms. The summed E-state index contributed by atoms with van der Waals surface area (Å²) in [6.07, 6.45) is 4.61. The number of likely N-dealkylation sites (N-methyl/N-ethyl adjacent to an activating group) is 1. The Balaban J connectivity index is 2.99. The van der Waals surface area contributed by atoms with Crippen molar-refractivity contribution in [2.75, 3.05) is 20.6 Å². The zero-order valence-electron chi connectivity index (χ0n) is 14.2. The molecule has 0 aliphatic carbocycles. The zero-order chi connectivity index (χ0) is 15.9. The van der Waals surface area contributed by atoms with Crippen LogP contribution in [0.5, 0.6) is 0 Å². The highest BCUT2D eigenvalue weighted by atomic mass is 127. The van der Waals surface area contributed by atoms with Gasteiger partial charge in [-0.1, -0.05) is 32.9 Å². The molecule has 1 N–H and O–H groups in total. The molecular formula is C18H31IN2. The van der Waals surface area contributed by atoms with Gasteiger partial charge in [-0.3, -0.25) is 0 Å². The predicted molar refractivity (Wildman–Crippen MR) is 102 cm³/mol. The van der Waals surface area contributed by atoms with E-state index in [0.29, 0.717) is 6.04 Å². The van der Waals surface area contributed by atoms with Crippen molar-refractivity contribution in [1.29, 1.82) is 0 Å². The van der Waals surface area contributed by atoms with E-state index in [2.05, 4.69) is 91.9 Å². The van der Waals surface area contributed by atoms with Crippen LogP contribution in [0.3, 0.4) is 0 Å². The van der Waals surface area contributed by atoms with Crippen LogP contribution in [-0.2, 0) is 6.42 Å². The first-order chi connectivity index (χ1) is 10.00. The molecule has 0 saturated carbocycles. The van der Waals surface area contributed by atoms with Gasteiger partial charge in [-0.15, -0.1) is 0 Å². The summed E-state index contributed by atoms with van der Waals surface area (Å²) >= 11 is 2.37. The maximum Gasteiger partial charge on any atom is 0.0354 e. The molecule has 0 aromatic heterocycles. The molecule has 0 bridgehead atoms. The molecule has 120 valence electrons. The summed E-state index contributed by atoms with van der Waals surface area (Å²) in [5, 5.41) is 3.81. The van der Waals surface area contributed by atoms with Gasteiger partial charge in [-0.25, -0.2) is 0 Å². The van der Waals surface area contributed by atoms with Crippen molar-refractivity contribution in [2.24, 2.45) is 0 Å². The van der Waals surface area contributed by atoms with E-state index < -0.39 is 0 Å². The Labute approximate surface area is 144 Å². The molecule has 1 aromatic carbocycles. The molecule has 0 aliphatic heterocycles. The lowest BCUT2D eigenvalue weighted by molar-refractivity contribution is 0.0881. The van der Waals surface area contributed by atoms with E-state index >= 15 is 0 Å². The average molecular weight is 402 g/mol. The number of hydrogen-bond acceptors (Lipinski definition) is 2. The lowest BCUT2D eigenvalue weighted by Crippen LogP contribution is -2.59. The molecule has 2 nitrogen and oxygen atoms in total. The number of benzene rings is 1. The highest BCUT2D eigenvalue weighted by molar-refractivity contribution is 14.1. The van der Waals surface area contributed by atoms with E-state index in [4.69, 9.17) is 0 Å². The standard InChI is InChI=1S/C18H31IN2/c1-6-13-20-17(18(7-2,8-3)21(4)5)14-15-9-11-16(19)12-10-15/h9-12,17,20H,6-8,13-14H2,1-5H3. The maximum atomic E-state index is 3.81. The Hall–Kier alpha value is -0.130. The fourth-order valence-electron chi connectivity index (χ4n) is 3.31. The summed E-state index contributed by atoms with van der Waals surface area (Å²) in [5.41, 5.74) is 1.65. The van der Waals surface area contributed by atoms with Crippen molar-refractivity contribution in [3.8, 4) is 0 Å². The number of hydrogen-bond donors (Lipinski definition) is 1. The van der Waals surface area contributed by atoms with Crippen LogP contribution in [0.1, 0.15) is 45.6 Å². The minimum Gasteiger partial charge on any atom is -0.312 e. The molecule has 0 fully saturated rings. The third kappa shape index (κ3) is 4.93. The number of halogens is 1. The predicted octanol–water partition coefficient (Wildman–Crippen LogP) is 4.32. The molecule has 0 radical (unpaired) electrons. The minimum absolute atomic E-state index is 0.220. The van der Waals surface area contributed by atoms with Crippen LogP contribution >= 0.6 is 22.6 Å². The quantitative estimate of drug-likeness (QED) is 0.619. The van der Waals surface area contributed by atoms with Gasteiger partial charge in [0.1, 0.15) is 0 Å². The van der Waals surface area contributed by atoms with Gasteiger partial charge < -0.3 is 10.2 Å². The fraction of sp³-hybridized carbons (Fsp3) is 0.667. The summed E-state index contributed by atoms with van der Waals surface area (Å²) in [4.78, 5) is 2.42. The highest BCUT2D eigenvalue weighted by Gasteiger charge is 2.37. The number of nitrogens with zero attached hydrogens (tertiary/aromatic N) is 1. The molecule has 0 saturated heterocycles. The van der Waals surface area contributed by atoms with Gasteiger partial charge in [-0.05, 0) is 86.6 Å². The highest BCUT2D eigenvalue weighted by Crippen LogP contribution is 2.28. The normalized spacial score (nSPS) is 13.7. The lowest BCUT2D eigenvalue weighted by atomic mass is 9.80. The van der Waals surface area contributed by atoms with Gasteiger partial charge in [0.15, 0.2) is 0 Å². The second kappa shape index (κ2) is 9.11. The molecule has 0 amide bonds. The van der Waals surface area contributed by atoms with Gasteiger partial charge >= 0.3 is 0 Å². The van der Waals surface area contributed by atoms with Crippen LogP contribution in [0.25, 0.3) is 0 Å². The monoisotopic (exact) mass is 402 g/mol. The molecular weight excluding hydrogens is 371 g/mol. The van der Waals surface area contributed by atoms with Crippen molar-refractivity contribution in [3.05, 3.63) is 33.4 Å². The summed E-state index contributed by atoms with van der Waals surface area (Å²) in [6.45, 7) is 7.96. The molecule has 1 unspecified atom stereocenters. The fourth-order valence-corrected chi connectivity index (χ4v) is 3.67. The van der Waals surface area contributed by atoms with Gasteiger partial charge in [-0.2, -0.15) is 0 Å². The second-order valence-electron chi connectivity index (χ2n) is 6.04. The zero-order valence-corrected chi connectivity index (χ0v) is 16.4. The Morgan fingerprint density at radius 3 is 2.10 bits per heavy atom. The smallest absolute Gasteiger partial charge is 0.0354 e. The first-order valence-corrected chi connectivity index (χ1v) is 9.23. The maximum absolute atomic E-state index is 3.81. The van der Waals surface area contributed by atoms with Crippen molar-refractivity contribution < 1.29 is 0 Å². The largest absolute Gasteiger partial charge is 0.312 e. The average Bonchev–Trinajstić information content (AvgIpc) is 2.48. The Kier molecular flexibility index (Phi) is 8.21. The van der Waals surface area contributed by atoms with Crippen molar-refractivity contribution in [3.63, 3.8) is 0 Å². The molecule has 1 aromatic rings. The van der Waals surface area contributed by atoms with Crippen LogP contribution in [-0.4, -0.2) is 37.1 Å². The number of rotatable bonds is 9. The Bertz CT molecular complexity index is 396. The van der Waals surface area contributed by atoms with E-state index in [1.165, 1.54) is 28.4 Å². The van der Waals surface area contributed by atoms with Gasteiger partial charge in [0.05, 0.1) is 0 Å². The van der Waals surface area contributed by atoms with Crippen molar-refractivity contribution in [2.45, 2.75) is 58.0 Å². The van der Waals surface area contributed by atoms with E-state index in [0.717, 1.165) is 13.0 Å². The molecule has 1 rings (SSSR count). The van der Waals surface area contributed by atoms with E-state index in [-0.39, 0.29) is 5.54 Å². The third-order valence-electron chi connectivity index (χ3n) is 4.76. The summed E-state index contributed by atoms with van der Waals surface area (Å²) < 4.78 is 1.30. The topological polar surface area (TPSA) is 15.3 Å². The molecule has 0 spiro atoms. The van der Waals surface area contributed by atoms with Gasteiger partial charge in [0, 0.05) is 15.2 Å². The van der Waals surface area contributed by atoms with Crippen LogP contribution < -0.4 is 5.32 Å².